The highest BCUT2D eigenvalue weighted by molar-refractivity contribution is 7.89. The van der Waals surface area contributed by atoms with Gasteiger partial charge in [-0.1, -0.05) is 48.0 Å². The molecule has 5 nitrogen and oxygen atoms in total. The van der Waals surface area contributed by atoms with E-state index in [1.807, 2.05) is 62.4 Å². The Morgan fingerprint density at radius 1 is 1.04 bits per heavy atom. The van der Waals surface area contributed by atoms with Crippen LogP contribution < -0.4 is 9.57 Å². The molecular formula is C22H24N2O3S. The molecule has 0 bridgehead atoms. The zero-order valence-corrected chi connectivity index (χ0v) is 17.3. The van der Waals surface area contributed by atoms with E-state index in [2.05, 4.69) is 9.93 Å². The molecular weight excluding hydrogens is 372 g/mol. The maximum atomic E-state index is 12.8. The van der Waals surface area contributed by atoms with Crippen molar-refractivity contribution >= 4 is 27.0 Å². The van der Waals surface area contributed by atoms with Crippen molar-refractivity contribution in [1.82, 2.24) is 4.83 Å². The van der Waals surface area contributed by atoms with E-state index >= 15 is 0 Å². The molecule has 28 heavy (non-hydrogen) atoms. The Kier molecular flexibility index (Phi) is 5.70. The molecule has 0 aliphatic heterocycles. The normalized spacial score (nSPS) is 11.9. The SMILES string of the molecule is CCOc1ccc2ccccc2c1/C=N/NS(=O)(=O)c1c(C)cc(C)cc1C. The van der Waals surface area contributed by atoms with Gasteiger partial charge in [-0.15, -0.1) is 0 Å². The minimum absolute atomic E-state index is 0.262. The third-order valence-electron chi connectivity index (χ3n) is 4.47. The smallest absolute Gasteiger partial charge is 0.277 e. The summed E-state index contributed by atoms with van der Waals surface area (Å²) < 4.78 is 31.3. The maximum absolute atomic E-state index is 12.8. The van der Waals surface area contributed by atoms with Gasteiger partial charge in [-0.3, -0.25) is 0 Å². The van der Waals surface area contributed by atoms with Crippen LogP contribution in [0.3, 0.4) is 0 Å². The molecule has 3 rings (SSSR count). The summed E-state index contributed by atoms with van der Waals surface area (Å²) in [7, 11) is -3.78. The number of sulfonamides is 1. The van der Waals surface area contributed by atoms with E-state index in [9.17, 15) is 8.42 Å². The van der Waals surface area contributed by atoms with Gasteiger partial charge in [0.15, 0.2) is 0 Å². The molecule has 0 aliphatic rings. The molecule has 0 radical (unpaired) electrons. The van der Waals surface area contributed by atoms with E-state index in [-0.39, 0.29) is 4.90 Å². The Morgan fingerprint density at radius 3 is 2.39 bits per heavy atom. The molecule has 146 valence electrons. The Morgan fingerprint density at radius 2 is 1.71 bits per heavy atom. The van der Waals surface area contributed by atoms with Crippen LogP contribution in [0.2, 0.25) is 0 Å². The number of hydrogen-bond donors (Lipinski definition) is 1. The Labute approximate surface area is 166 Å². The van der Waals surface area contributed by atoms with E-state index in [0.717, 1.165) is 21.9 Å². The number of ether oxygens (including phenoxy) is 1. The number of benzene rings is 3. The summed E-state index contributed by atoms with van der Waals surface area (Å²) in [5.41, 5.74) is 3.15. The first-order valence-electron chi connectivity index (χ1n) is 9.10. The lowest BCUT2D eigenvalue weighted by Crippen LogP contribution is -2.20. The lowest BCUT2D eigenvalue weighted by molar-refractivity contribution is 0.340. The van der Waals surface area contributed by atoms with Gasteiger partial charge in [0, 0.05) is 5.56 Å². The molecule has 0 heterocycles. The molecule has 0 spiro atoms. The highest BCUT2D eigenvalue weighted by atomic mass is 32.2. The fourth-order valence-corrected chi connectivity index (χ4v) is 4.74. The van der Waals surface area contributed by atoms with E-state index < -0.39 is 10.0 Å². The third kappa shape index (κ3) is 4.02. The van der Waals surface area contributed by atoms with Gasteiger partial charge in [0.2, 0.25) is 0 Å². The highest BCUT2D eigenvalue weighted by Gasteiger charge is 2.19. The molecule has 0 aromatic heterocycles. The van der Waals surface area contributed by atoms with Gasteiger partial charge < -0.3 is 4.74 Å². The van der Waals surface area contributed by atoms with E-state index in [1.165, 1.54) is 6.21 Å². The molecule has 0 saturated carbocycles. The van der Waals surface area contributed by atoms with Crippen LogP contribution >= 0.6 is 0 Å². The largest absolute Gasteiger partial charge is 0.493 e. The number of aryl methyl sites for hydroxylation is 3. The molecule has 0 fully saturated rings. The van der Waals surface area contributed by atoms with Crippen LogP contribution in [0.5, 0.6) is 5.75 Å². The predicted octanol–water partition coefficient (Wildman–Crippen LogP) is 4.48. The number of nitrogens with one attached hydrogen (secondary N) is 1. The predicted molar refractivity (Wildman–Crippen MR) is 114 cm³/mol. The summed E-state index contributed by atoms with van der Waals surface area (Å²) in [5.74, 6) is 0.659. The van der Waals surface area contributed by atoms with Gasteiger partial charge in [-0.2, -0.15) is 13.5 Å². The summed E-state index contributed by atoms with van der Waals surface area (Å²) in [4.78, 5) is 2.61. The highest BCUT2D eigenvalue weighted by Crippen LogP contribution is 2.27. The molecule has 3 aromatic rings. The standard InChI is InChI=1S/C22H24N2O3S/c1-5-27-21-11-10-18-8-6-7-9-19(18)20(21)14-23-24-28(25,26)22-16(3)12-15(2)13-17(22)4/h6-14,24H,5H2,1-4H3/b23-14+. The number of hydrogen-bond acceptors (Lipinski definition) is 4. The van der Waals surface area contributed by atoms with Crippen molar-refractivity contribution in [1.29, 1.82) is 0 Å². The molecule has 0 unspecified atom stereocenters. The van der Waals surface area contributed by atoms with Crippen molar-refractivity contribution in [3.63, 3.8) is 0 Å². The van der Waals surface area contributed by atoms with Crippen molar-refractivity contribution in [3.8, 4) is 5.75 Å². The summed E-state index contributed by atoms with van der Waals surface area (Å²) >= 11 is 0. The molecule has 0 saturated heterocycles. The second-order valence-corrected chi connectivity index (χ2v) is 8.31. The van der Waals surface area contributed by atoms with E-state index in [4.69, 9.17) is 4.74 Å². The summed E-state index contributed by atoms with van der Waals surface area (Å²) in [6, 6.07) is 15.4. The molecule has 6 heteroatoms. The Bertz CT molecular complexity index is 1130. The zero-order chi connectivity index (χ0) is 20.3. The number of rotatable bonds is 6. The molecule has 0 atom stereocenters. The van der Waals surface area contributed by atoms with Crippen molar-refractivity contribution in [2.75, 3.05) is 6.61 Å². The van der Waals surface area contributed by atoms with Gasteiger partial charge in [-0.25, -0.2) is 4.83 Å². The van der Waals surface area contributed by atoms with E-state index in [0.29, 0.717) is 23.5 Å². The fourth-order valence-electron chi connectivity index (χ4n) is 3.49. The maximum Gasteiger partial charge on any atom is 0.277 e. The molecule has 3 aromatic carbocycles. The topological polar surface area (TPSA) is 67.8 Å². The van der Waals surface area contributed by atoms with Gasteiger partial charge in [0.05, 0.1) is 17.7 Å². The first-order valence-corrected chi connectivity index (χ1v) is 10.6. The average molecular weight is 397 g/mol. The lowest BCUT2D eigenvalue weighted by Gasteiger charge is -2.12. The second kappa shape index (κ2) is 8.02. The van der Waals surface area contributed by atoms with Gasteiger partial charge in [0.25, 0.3) is 10.0 Å². The van der Waals surface area contributed by atoms with Gasteiger partial charge >= 0.3 is 0 Å². The Balaban J connectivity index is 1.98. The number of fused-ring (bicyclic) bond motifs is 1. The van der Waals surface area contributed by atoms with Crippen molar-refractivity contribution in [2.45, 2.75) is 32.6 Å². The first-order chi connectivity index (χ1) is 13.3. The van der Waals surface area contributed by atoms with Crippen LogP contribution in [-0.2, 0) is 10.0 Å². The fraction of sp³-hybridized carbons (Fsp3) is 0.227. The van der Waals surface area contributed by atoms with Crippen LogP contribution in [0.25, 0.3) is 10.8 Å². The van der Waals surface area contributed by atoms with Crippen LogP contribution in [0.15, 0.2) is 58.5 Å². The summed E-state index contributed by atoms with van der Waals surface area (Å²) in [6.45, 7) is 7.93. The minimum Gasteiger partial charge on any atom is -0.493 e. The van der Waals surface area contributed by atoms with Gasteiger partial charge in [-0.05, 0) is 55.7 Å². The average Bonchev–Trinajstić information content (AvgIpc) is 2.62. The second-order valence-electron chi connectivity index (χ2n) is 6.71. The first kappa shape index (κ1) is 19.9. The van der Waals surface area contributed by atoms with Crippen LogP contribution in [-0.4, -0.2) is 21.2 Å². The van der Waals surface area contributed by atoms with Crippen molar-refractivity contribution in [3.05, 3.63) is 70.8 Å². The summed E-state index contributed by atoms with van der Waals surface area (Å²) in [6.07, 6.45) is 1.50. The third-order valence-corrected chi connectivity index (χ3v) is 6.00. The van der Waals surface area contributed by atoms with Crippen LogP contribution in [0.1, 0.15) is 29.2 Å². The zero-order valence-electron chi connectivity index (χ0n) is 16.5. The molecule has 1 N–H and O–H groups in total. The van der Waals surface area contributed by atoms with E-state index in [1.54, 1.807) is 13.8 Å². The number of nitrogens with zero attached hydrogens (tertiary/aromatic N) is 1. The van der Waals surface area contributed by atoms with Gasteiger partial charge in [0.1, 0.15) is 5.75 Å². The summed E-state index contributed by atoms with van der Waals surface area (Å²) in [5, 5.41) is 6.02. The quantitative estimate of drug-likeness (QED) is 0.493. The molecule has 0 aliphatic carbocycles. The lowest BCUT2D eigenvalue weighted by atomic mass is 10.0. The number of hydrazone groups is 1. The molecule has 0 amide bonds. The van der Waals surface area contributed by atoms with Crippen molar-refractivity contribution < 1.29 is 13.2 Å². The van der Waals surface area contributed by atoms with Crippen molar-refractivity contribution in [2.24, 2.45) is 5.10 Å². The van der Waals surface area contributed by atoms with Crippen LogP contribution in [0.4, 0.5) is 0 Å². The van der Waals surface area contributed by atoms with Crippen LogP contribution in [0, 0.1) is 20.8 Å². The monoisotopic (exact) mass is 396 g/mol. The minimum atomic E-state index is -3.78. The Hall–Kier alpha value is -2.86.